The first-order valence-electron chi connectivity index (χ1n) is 0.129. The Bertz CT molecular complexity index is 9.61. The van der Waals surface area contributed by atoms with Crippen LogP contribution in [0, 0.1) is 0 Å². The zero-order chi connectivity index (χ0) is 2.00. The van der Waals surface area contributed by atoms with Crippen LogP contribution in [0.1, 0.15) is 0 Å². The van der Waals surface area contributed by atoms with Crippen molar-refractivity contribution in [3.05, 3.63) is 0 Å². The van der Waals surface area contributed by atoms with E-state index in [1.165, 1.54) is 0 Å². The van der Waals surface area contributed by atoms with Gasteiger partial charge in [0.05, 0.1) is 0 Å². The number of hydrogen-bond acceptors (Lipinski definition) is 1. The molecule has 0 aromatic rings. The summed E-state index contributed by atoms with van der Waals surface area (Å²) in [4.78, 5) is 0. The second-order valence-electron chi connectivity index (χ2n) is 0. The molecule has 0 saturated heterocycles. The summed E-state index contributed by atoms with van der Waals surface area (Å²) >= 11 is 2.62. The standard InChI is InChI=1S/Ag.Fe.Ni.2O/q+1;+2;;;-2. The fourth-order valence-electron chi connectivity index (χ4n) is 0. The quantitative estimate of drug-likeness (QED) is 0.550. The second-order valence-corrected chi connectivity index (χ2v) is 0. The minimum absolute atomic E-state index is 0. The second kappa shape index (κ2) is 49.0. The molecule has 40 valence electrons. The third kappa shape index (κ3) is 29.7. The van der Waals surface area contributed by atoms with Gasteiger partial charge in [0.2, 0.25) is 0 Å². The molecule has 0 aromatic heterocycles. The number of rotatable bonds is 0. The van der Waals surface area contributed by atoms with Gasteiger partial charge in [-0.05, 0) is 0 Å². The van der Waals surface area contributed by atoms with Crippen molar-refractivity contribution >= 4 is 0 Å². The van der Waals surface area contributed by atoms with Crippen LogP contribution in [-0.4, -0.2) is 0 Å². The van der Waals surface area contributed by atoms with Gasteiger partial charge in [0, 0.05) is 0 Å². The molecule has 0 aliphatic heterocycles. The van der Waals surface area contributed by atoms with Crippen molar-refractivity contribution in [1.82, 2.24) is 0 Å². The topological polar surface area (TPSA) is 45.6 Å². The number of hydrogen-bond donors (Lipinski definition) is 0. The van der Waals surface area contributed by atoms with Crippen LogP contribution in [0.4, 0.5) is 0 Å². The first kappa shape index (κ1) is 31.3. The van der Waals surface area contributed by atoms with Gasteiger partial charge in [-0.15, -0.1) is 0 Å². The summed E-state index contributed by atoms with van der Waals surface area (Å²) in [5, 5.41) is 0. The average molecular weight is 254 g/mol. The molecule has 0 atom stereocenters. The summed E-state index contributed by atoms with van der Waals surface area (Å²) < 4.78 is 7.88. The van der Waals surface area contributed by atoms with Crippen molar-refractivity contribution in [2.45, 2.75) is 0 Å². The van der Waals surface area contributed by atoms with Crippen LogP contribution in [0.3, 0.4) is 0 Å². The van der Waals surface area contributed by atoms with E-state index in [0.717, 1.165) is 0 Å². The SMILES string of the molecule is [Ag+].[Fe+2].[O-2].[O]=[Ni]. The van der Waals surface area contributed by atoms with Gasteiger partial charge in [0.25, 0.3) is 0 Å². The Morgan fingerprint density at radius 3 is 1.20 bits per heavy atom. The van der Waals surface area contributed by atoms with Crippen molar-refractivity contribution in [3.63, 3.8) is 0 Å². The third-order valence-corrected chi connectivity index (χ3v) is 0. The van der Waals surface area contributed by atoms with E-state index in [0.29, 0.717) is 0 Å². The fourth-order valence-corrected chi connectivity index (χ4v) is 0. The van der Waals surface area contributed by atoms with E-state index in [9.17, 15) is 0 Å². The Morgan fingerprint density at radius 2 is 1.20 bits per heavy atom. The molecule has 5 heteroatoms. The molecule has 0 spiro atoms. The van der Waals surface area contributed by atoms with E-state index in [4.69, 9.17) is 3.90 Å². The van der Waals surface area contributed by atoms with Crippen LogP contribution >= 0.6 is 0 Å². The van der Waals surface area contributed by atoms with E-state index in [1.54, 1.807) is 0 Å². The maximum atomic E-state index is 7.88. The van der Waals surface area contributed by atoms with Crippen molar-refractivity contribution in [2.75, 3.05) is 0 Å². The zero-order valence-corrected chi connectivity index (χ0v) is 5.36. The van der Waals surface area contributed by atoms with Gasteiger partial charge in [-0.2, -0.15) is 0 Å². The van der Waals surface area contributed by atoms with E-state index < -0.39 is 0 Å². The Kier molecular flexibility index (Phi) is 307. The summed E-state index contributed by atoms with van der Waals surface area (Å²) in [7, 11) is 0. The normalized spacial score (nSPS) is 1.20. The molecule has 0 unspecified atom stereocenters. The van der Waals surface area contributed by atoms with Gasteiger partial charge in [-0.25, -0.2) is 0 Å². The van der Waals surface area contributed by atoms with Gasteiger partial charge in [0.15, 0.2) is 0 Å². The Hall–Kier alpha value is 1.51. The molecular formula is AgFeNiO2+. The average Bonchev–Trinajstić information content (AvgIpc) is 1.00. The molecule has 0 saturated carbocycles. The predicted octanol–water partition coefficient (Wildman–Crippen LogP) is -0.245. The zero-order valence-electron chi connectivity index (χ0n) is 1.79. The molecule has 0 rings (SSSR count). The molecule has 0 amide bonds. The molecule has 0 bridgehead atoms. The molecule has 5 heavy (non-hydrogen) atoms. The summed E-state index contributed by atoms with van der Waals surface area (Å²) in [6.45, 7) is 0. The summed E-state index contributed by atoms with van der Waals surface area (Å²) in [6.07, 6.45) is 0. The monoisotopic (exact) mass is 253 g/mol. The van der Waals surface area contributed by atoms with Crippen LogP contribution in [0.25, 0.3) is 0 Å². The summed E-state index contributed by atoms with van der Waals surface area (Å²) in [5.41, 5.74) is 0. The van der Waals surface area contributed by atoms with Gasteiger partial charge < -0.3 is 5.48 Å². The maximum absolute atomic E-state index is 7.88. The molecule has 0 N–H and O–H groups in total. The van der Waals surface area contributed by atoms with Crippen LogP contribution < -0.4 is 0 Å². The Labute approximate surface area is 63.9 Å². The van der Waals surface area contributed by atoms with Crippen molar-refractivity contribution in [3.8, 4) is 0 Å². The Morgan fingerprint density at radius 1 is 1.20 bits per heavy atom. The molecule has 0 heterocycles. The molecule has 0 aromatic carbocycles. The van der Waals surface area contributed by atoms with Crippen molar-refractivity contribution in [1.29, 1.82) is 0 Å². The molecule has 0 aliphatic rings. The molecule has 0 aliphatic carbocycles. The van der Waals surface area contributed by atoms with Crippen molar-refractivity contribution in [2.24, 2.45) is 0 Å². The van der Waals surface area contributed by atoms with E-state index in [1.807, 2.05) is 0 Å². The van der Waals surface area contributed by atoms with Crippen LogP contribution in [0.15, 0.2) is 0 Å². The first-order chi connectivity index (χ1) is 1.00. The molecule has 0 radical (unpaired) electrons. The van der Waals surface area contributed by atoms with Gasteiger partial charge in [0.1, 0.15) is 0 Å². The predicted molar refractivity (Wildman–Crippen MR) is 1.37 cm³/mol. The van der Waals surface area contributed by atoms with E-state index in [-0.39, 0.29) is 44.9 Å². The van der Waals surface area contributed by atoms with Gasteiger partial charge in [-0.1, -0.05) is 0 Å². The molecule has 2 nitrogen and oxygen atoms in total. The third-order valence-electron chi connectivity index (χ3n) is 0. The van der Waals surface area contributed by atoms with Crippen LogP contribution in [0.5, 0.6) is 0 Å². The van der Waals surface area contributed by atoms with Crippen LogP contribution in [-0.2, 0) is 64.2 Å². The Balaban J connectivity index is -0.00000000167. The van der Waals surface area contributed by atoms with Crippen molar-refractivity contribution < 1.29 is 64.2 Å². The van der Waals surface area contributed by atoms with E-state index >= 15 is 0 Å². The summed E-state index contributed by atoms with van der Waals surface area (Å²) in [5.74, 6) is 0. The molecule has 0 fully saturated rings. The molecular weight excluding hydrogens is 254 g/mol. The van der Waals surface area contributed by atoms with Crippen LogP contribution in [0.2, 0.25) is 0 Å². The van der Waals surface area contributed by atoms with Gasteiger partial charge in [-0.3, -0.25) is 0 Å². The first-order valence-corrected chi connectivity index (χ1v) is 0.532. The van der Waals surface area contributed by atoms with E-state index in [2.05, 4.69) is 15.4 Å². The summed E-state index contributed by atoms with van der Waals surface area (Å²) in [6, 6.07) is 0. The fraction of sp³-hybridized carbons (Fsp3) is 0. The minimum atomic E-state index is 0. The van der Waals surface area contributed by atoms with Gasteiger partial charge >= 0.3 is 58.7 Å².